The molecule has 1 nitrogen and oxygen atoms in total. The average Bonchev–Trinajstić information content (AvgIpc) is 2.11. The summed E-state index contributed by atoms with van der Waals surface area (Å²) in [6.07, 6.45) is -5.90. The molecular weight excluding hydrogens is 353 g/mol. The molecule has 88 valence electrons. The summed E-state index contributed by atoms with van der Waals surface area (Å²) in [4.78, 5) is 11.5. The van der Waals surface area contributed by atoms with Crippen molar-refractivity contribution in [1.29, 1.82) is 0 Å². The summed E-state index contributed by atoms with van der Waals surface area (Å²) in [6.45, 7) is 0. The van der Waals surface area contributed by atoms with Crippen molar-refractivity contribution < 1.29 is 18.0 Å². The topological polar surface area (TPSA) is 17.1 Å². The van der Waals surface area contributed by atoms with E-state index in [0.29, 0.717) is 8.95 Å². The molecule has 0 fully saturated rings. The minimum Gasteiger partial charge on any atom is -0.294 e. The number of hydrogen-bond acceptors (Lipinski definition) is 1. The van der Waals surface area contributed by atoms with Crippen molar-refractivity contribution in [1.82, 2.24) is 0 Å². The Balaban J connectivity index is 2.73. The highest BCUT2D eigenvalue weighted by Gasteiger charge is 2.28. The monoisotopic (exact) mass is 358 g/mol. The van der Waals surface area contributed by atoms with Gasteiger partial charge in [-0.25, -0.2) is 0 Å². The van der Waals surface area contributed by atoms with Crippen LogP contribution in [0.3, 0.4) is 0 Å². The van der Waals surface area contributed by atoms with Crippen molar-refractivity contribution in [3.63, 3.8) is 0 Å². The lowest BCUT2D eigenvalue weighted by Gasteiger charge is -2.06. The van der Waals surface area contributed by atoms with Gasteiger partial charge in [-0.05, 0) is 18.2 Å². The highest BCUT2D eigenvalue weighted by molar-refractivity contribution is 9.11. The molecule has 0 amide bonds. The second-order valence-corrected chi connectivity index (χ2v) is 5.03. The van der Waals surface area contributed by atoms with Gasteiger partial charge in [0, 0.05) is 20.9 Å². The molecule has 1 aromatic carbocycles. The van der Waals surface area contributed by atoms with Crippen LogP contribution in [0.1, 0.15) is 23.2 Å². The first-order valence-corrected chi connectivity index (χ1v) is 5.92. The lowest BCUT2D eigenvalue weighted by molar-refractivity contribution is -0.133. The lowest BCUT2D eigenvalue weighted by Crippen LogP contribution is -2.10. The normalized spacial score (nSPS) is 11.6. The Kier molecular flexibility index (Phi) is 4.55. The number of benzene rings is 1. The molecule has 0 unspecified atom stereocenters. The maximum Gasteiger partial charge on any atom is 0.389 e. The number of halogens is 5. The quantitative estimate of drug-likeness (QED) is 0.712. The van der Waals surface area contributed by atoms with E-state index in [1.807, 2.05) is 0 Å². The van der Waals surface area contributed by atoms with E-state index in [4.69, 9.17) is 0 Å². The molecule has 0 aliphatic rings. The largest absolute Gasteiger partial charge is 0.389 e. The molecule has 0 spiro atoms. The molecule has 1 aromatic rings. The SMILES string of the molecule is O=C(CCC(F)(F)F)c1cc(Br)cc(Br)c1. The van der Waals surface area contributed by atoms with Gasteiger partial charge in [0.25, 0.3) is 0 Å². The summed E-state index contributed by atoms with van der Waals surface area (Å²) in [5.74, 6) is -0.515. The standard InChI is InChI=1S/C10H7Br2F3O/c11-7-3-6(4-8(12)5-7)9(16)1-2-10(13,14)15/h3-5H,1-2H2. The minimum atomic E-state index is -4.29. The minimum absolute atomic E-state index is 0.269. The van der Waals surface area contributed by atoms with Gasteiger partial charge < -0.3 is 0 Å². The van der Waals surface area contributed by atoms with E-state index < -0.39 is 24.8 Å². The lowest BCUT2D eigenvalue weighted by atomic mass is 10.1. The van der Waals surface area contributed by atoms with Gasteiger partial charge in [0.2, 0.25) is 0 Å². The number of rotatable bonds is 3. The van der Waals surface area contributed by atoms with Crippen LogP contribution in [-0.4, -0.2) is 12.0 Å². The highest BCUT2D eigenvalue weighted by Crippen LogP contribution is 2.25. The third kappa shape index (κ3) is 4.65. The molecule has 0 aliphatic heterocycles. The van der Waals surface area contributed by atoms with Gasteiger partial charge in [0.05, 0.1) is 6.42 Å². The fraction of sp³-hybridized carbons (Fsp3) is 0.300. The van der Waals surface area contributed by atoms with E-state index in [1.54, 1.807) is 6.07 Å². The first-order chi connectivity index (χ1) is 7.28. The van der Waals surface area contributed by atoms with Crippen LogP contribution in [-0.2, 0) is 0 Å². The summed E-state index contributed by atoms with van der Waals surface area (Å²) in [5.41, 5.74) is 0.269. The van der Waals surface area contributed by atoms with Gasteiger partial charge in [0.1, 0.15) is 0 Å². The fourth-order valence-electron chi connectivity index (χ4n) is 1.11. The van der Waals surface area contributed by atoms with Crippen LogP contribution in [0.4, 0.5) is 13.2 Å². The van der Waals surface area contributed by atoms with Crippen LogP contribution < -0.4 is 0 Å². The molecular formula is C10H7Br2F3O. The number of hydrogen-bond donors (Lipinski definition) is 0. The number of Topliss-reactive ketones (excluding diaryl/α,β-unsaturated/α-hetero) is 1. The van der Waals surface area contributed by atoms with Crippen molar-refractivity contribution in [3.05, 3.63) is 32.7 Å². The molecule has 0 saturated carbocycles. The van der Waals surface area contributed by atoms with Crippen LogP contribution >= 0.6 is 31.9 Å². The molecule has 0 heterocycles. The smallest absolute Gasteiger partial charge is 0.294 e. The van der Waals surface area contributed by atoms with Gasteiger partial charge in [0.15, 0.2) is 5.78 Å². The Hall–Kier alpha value is -0.360. The molecule has 0 atom stereocenters. The van der Waals surface area contributed by atoms with Crippen molar-refractivity contribution in [2.45, 2.75) is 19.0 Å². The summed E-state index contributed by atoms with van der Waals surface area (Å²) in [5, 5.41) is 0. The second kappa shape index (κ2) is 5.31. The molecule has 1 rings (SSSR count). The Labute approximate surface area is 107 Å². The van der Waals surface area contributed by atoms with E-state index in [-0.39, 0.29) is 5.56 Å². The predicted octanol–water partition coefficient (Wildman–Crippen LogP) is 4.74. The van der Waals surface area contributed by atoms with Crippen molar-refractivity contribution in [3.8, 4) is 0 Å². The number of carbonyl (C=O) groups excluding carboxylic acids is 1. The van der Waals surface area contributed by atoms with Gasteiger partial charge >= 0.3 is 6.18 Å². The van der Waals surface area contributed by atoms with Crippen LogP contribution in [0.5, 0.6) is 0 Å². The summed E-state index contributed by atoms with van der Waals surface area (Å²) >= 11 is 6.33. The van der Waals surface area contributed by atoms with Crippen LogP contribution in [0.2, 0.25) is 0 Å². The van der Waals surface area contributed by atoms with E-state index in [0.717, 1.165) is 0 Å². The molecule has 0 bridgehead atoms. The van der Waals surface area contributed by atoms with E-state index in [2.05, 4.69) is 31.9 Å². The number of alkyl halides is 3. The first kappa shape index (κ1) is 13.7. The summed E-state index contributed by atoms with van der Waals surface area (Å²) < 4.78 is 37.1. The third-order valence-corrected chi connectivity index (χ3v) is 2.74. The Morgan fingerprint density at radius 2 is 1.62 bits per heavy atom. The predicted molar refractivity (Wildman–Crippen MR) is 61.5 cm³/mol. The third-order valence-electron chi connectivity index (χ3n) is 1.82. The zero-order valence-corrected chi connectivity index (χ0v) is 11.1. The van der Waals surface area contributed by atoms with E-state index >= 15 is 0 Å². The van der Waals surface area contributed by atoms with Gasteiger partial charge in [-0.15, -0.1) is 0 Å². The molecule has 0 aliphatic carbocycles. The molecule has 6 heteroatoms. The van der Waals surface area contributed by atoms with Crippen molar-refractivity contribution in [2.75, 3.05) is 0 Å². The van der Waals surface area contributed by atoms with Crippen LogP contribution in [0.25, 0.3) is 0 Å². The van der Waals surface area contributed by atoms with Crippen LogP contribution in [0.15, 0.2) is 27.1 Å². The highest BCUT2D eigenvalue weighted by atomic mass is 79.9. The van der Waals surface area contributed by atoms with Gasteiger partial charge in [-0.2, -0.15) is 13.2 Å². The Bertz CT molecular complexity index is 381. The first-order valence-electron chi connectivity index (χ1n) is 4.34. The van der Waals surface area contributed by atoms with Crippen LogP contribution in [0, 0.1) is 0 Å². The molecule has 16 heavy (non-hydrogen) atoms. The average molecular weight is 360 g/mol. The molecule has 0 N–H and O–H groups in total. The number of carbonyl (C=O) groups is 1. The Morgan fingerprint density at radius 3 is 2.06 bits per heavy atom. The second-order valence-electron chi connectivity index (χ2n) is 3.20. The maximum absolute atomic E-state index is 11.9. The number of ketones is 1. The molecule has 0 radical (unpaired) electrons. The molecule has 0 aromatic heterocycles. The fourth-order valence-corrected chi connectivity index (χ4v) is 2.41. The van der Waals surface area contributed by atoms with Crippen molar-refractivity contribution >= 4 is 37.6 Å². The summed E-state index contributed by atoms with van der Waals surface area (Å²) in [7, 11) is 0. The summed E-state index contributed by atoms with van der Waals surface area (Å²) in [6, 6.07) is 4.72. The van der Waals surface area contributed by atoms with Gasteiger partial charge in [-0.1, -0.05) is 31.9 Å². The zero-order valence-electron chi connectivity index (χ0n) is 7.94. The van der Waals surface area contributed by atoms with E-state index in [9.17, 15) is 18.0 Å². The maximum atomic E-state index is 11.9. The zero-order chi connectivity index (χ0) is 12.3. The Morgan fingerprint density at radius 1 is 1.12 bits per heavy atom. The van der Waals surface area contributed by atoms with E-state index in [1.165, 1.54) is 12.1 Å². The molecule has 0 saturated heterocycles. The van der Waals surface area contributed by atoms with Crippen molar-refractivity contribution in [2.24, 2.45) is 0 Å². The van der Waals surface area contributed by atoms with Gasteiger partial charge in [-0.3, -0.25) is 4.79 Å².